The molecule has 146 valence electrons. The summed E-state index contributed by atoms with van der Waals surface area (Å²) in [5, 5.41) is 2.71. The standard InChI is InChI=1S/C20H26FN3O3/c1-2-16-17(19(25)27-11-12-6-4-3-5-7-12)18(24-20(26)23-16)13-8-9-14(21)15(22)10-13/h8-10,12,17-18H,2-7,11,22H2,1H3,(H,24,26). The quantitative estimate of drug-likeness (QED) is 0.605. The zero-order valence-corrected chi connectivity index (χ0v) is 15.5. The summed E-state index contributed by atoms with van der Waals surface area (Å²) in [6.45, 7) is 2.23. The lowest BCUT2D eigenvalue weighted by molar-refractivity contribution is -0.148. The van der Waals surface area contributed by atoms with Crippen molar-refractivity contribution < 1.29 is 18.7 Å². The van der Waals surface area contributed by atoms with Gasteiger partial charge in [-0.25, -0.2) is 14.2 Å². The van der Waals surface area contributed by atoms with Crippen molar-refractivity contribution in [3.63, 3.8) is 0 Å². The lowest BCUT2D eigenvalue weighted by Crippen LogP contribution is -2.45. The van der Waals surface area contributed by atoms with Crippen molar-refractivity contribution >= 4 is 23.4 Å². The average molecular weight is 375 g/mol. The first-order valence-corrected chi connectivity index (χ1v) is 9.59. The van der Waals surface area contributed by atoms with E-state index in [4.69, 9.17) is 10.5 Å². The van der Waals surface area contributed by atoms with Crippen LogP contribution in [0.25, 0.3) is 0 Å². The summed E-state index contributed by atoms with van der Waals surface area (Å²) in [6, 6.07) is 3.01. The van der Waals surface area contributed by atoms with Gasteiger partial charge in [-0.1, -0.05) is 32.3 Å². The highest BCUT2D eigenvalue weighted by Gasteiger charge is 2.39. The number of aliphatic imine (C=N–C) groups is 1. The molecule has 1 aliphatic heterocycles. The number of ether oxygens (including phenoxy) is 1. The fraction of sp³-hybridized carbons (Fsp3) is 0.550. The van der Waals surface area contributed by atoms with E-state index in [1.54, 1.807) is 0 Å². The van der Waals surface area contributed by atoms with Gasteiger partial charge in [0.1, 0.15) is 11.7 Å². The Morgan fingerprint density at radius 1 is 1.33 bits per heavy atom. The molecule has 6 nitrogen and oxygen atoms in total. The highest BCUT2D eigenvalue weighted by atomic mass is 19.1. The van der Waals surface area contributed by atoms with E-state index < -0.39 is 29.8 Å². The van der Waals surface area contributed by atoms with E-state index in [9.17, 15) is 14.0 Å². The molecule has 1 heterocycles. The summed E-state index contributed by atoms with van der Waals surface area (Å²) in [5.41, 5.74) is 6.67. The molecule has 7 heteroatoms. The zero-order chi connectivity index (χ0) is 19.4. The number of hydrogen-bond acceptors (Lipinski definition) is 4. The van der Waals surface area contributed by atoms with Crippen molar-refractivity contribution in [3.8, 4) is 0 Å². The van der Waals surface area contributed by atoms with E-state index in [0.717, 1.165) is 12.8 Å². The van der Waals surface area contributed by atoms with E-state index in [2.05, 4.69) is 10.3 Å². The maximum absolute atomic E-state index is 13.5. The minimum atomic E-state index is -0.735. The molecule has 1 aromatic carbocycles. The second-order valence-electron chi connectivity index (χ2n) is 7.28. The van der Waals surface area contributed by atoms with E-state index in [1.165, 1.54) is 37.5 Å². The fourth-order valence-corrected chi connectivity index (χ4v) is 3.89. The Kier molecular flexibility index (Phi) is 6.08. The number of halogens is 1. The molecule has 2 aliphatic rings. The van der Waals surface area contributed by atoms with Crippen molar-refractivity contribution in [2.75, 3.05) is 12.3 Å². The first-order valence-electron chi connectivity index (χ1n) is 9.59. The summed E-state index contributed by atoms with van der Waals surface area (Å²) < 4.78 is 19.2. The lowest BCUT2D eigenvalue weighted by Gasteiger charge is -2.31. The second-order valence-corrected chi connectivity index (χ2v) is 7.28. The monoisotopic (exact) mass is 375 g/mol. The number of carbonyl (C=O) groups is 2. The second kappa shape index (κ2) is 8.50. The normalized spacial score (nSPS) is 23.5. The lowest BCUT2D eigenvalue weighted by atomic mass is 9.86. The molecule has 0 saturated heterocycles. The number of rotatable bonds is 5. The fourth-order valence-electron chi connectivity index (χ4n) is 3.89. The van der Waals surface area contributed by atoms with Crippen LogP contribution in [0.1, 0.15) is 57.1 Å². The molecule has 2 atom stereocenters. The first kappa shape index (κ1) is 19.3. The molecule has 3 N–H and O–H groups in total. The summed E-state index contributed by atoms with van der Waals surface area (Å²) in [5.74, 6) is -1.29. The third kappa shape index (κ3) is 4.46. The molecule has 0 bridgehead atoms. The number of anilines is 1. The van der Waals surface area contributed by atoms with Crippen LogP contribution in [0.2, 0.25) is 0 Å². The van der Waals surface area contributed by atoms with Crippen LogP contribution < -0.4 is 11.1 Å². The van der Waals surface area contributed by atoms with Gasteiger partial charge in [0.2, 0.25) is 0 Å². The van der Waals surface area contributed by atoms with Gasteiger partial charge in [0.25, 0.3) is 0 Å². The first-order chi connectivity index (χ1) is 13.0. The van der Waals surface area contributed by atoms with Crippen molar-refractivity contribution in [2.24, 2.45) is 16.8 Å². The van der Waals surface area contributed by atoms with Crippen molar-refractivity contribution in [1.29, 1.82) is 0 Å². The number of benzene rings is 1. The number of nitrogen functional groups attached to an aromatic ring is 1. The molecule has 2 unspecified atom stereocenters. The number of nitrogens with one attached hydrogen (secondary N) is 1. The van der Waals surface area contributed by atoms with Crippen LogP contribution in [-0.2, 0) is 9.53 Å². The number of nitrogens with zero attached hydrogens (tertiary/aromatic N) is 1. The topological polar surface area (TPSA) is 93.8 Å². The summed E-state index contributed by atoms with van der Waals surface area (Å²) in [4.78, 5) is 28.9. The number of hydrogen-bond donors (Lipinski definition) is 2. The molecule has 27 heavy (non-hydrogen) atoms. The maximum Gasteiger partial charge on any atom is 0.341 e. The number of carbonyl (C=O) groups excluding carboxylic acids is 2. The van der Waals surface area contributed by atoms with Crippen LogP contribution in [0.3, 0.4) is 0 Å². The number of nitrogens with two attached hydrogens (primary N) is 1. The molecule has 1 aromatic rings. The van der Waals surface area contributed by atoms with Gasteiger partial charge in [0.05, 0.1) is 18.3 Å². The molecule has 0 radical (unpaired) electrons. The van der Waals surface area contributed by atoms with Gasteiger partial charge in [-0.15, -0.1) is 0 Å². The summed E-state index contributed by atoms with van der Waals surface area (Å²) >= 11 is 0. The van der Waals surface area contributed by atoms with Gasteiger partial charge >= 0.3 is 12.0 Å². The number of esters is 1. The van der Waals surface area contributed by atoms with Gasteiger partial charge in [-0.05, 0) is 42.9 Å². The number of urea groups is 1. The minimum Gasteiger partial charge on any atom is -0.465 e. The van der Waals surface area contributed by atoms with E-state index in [0.29, 0.717) is 30.2 Å². The van der Waals surface area contributed by atoms with E-state index in [1.807, 2.05) is 6.92 Å². The Balaban J connectivity index is 1.81. The smallest absolute Gasteiger partial charge is 0.341 e. The molecular formula is C20H26FN3O3. The summed E-state index contributed by atoms with van der Waals surface area (Å²) in [7, 11) is 0. The average Bonchev–Trinajstić information content (AvgIpc) is 2.68. The van der Waals surface area contributed by atoms with Crippen LogP contribution in [-0.4, -0.2) is 24.3 Å². The van der Waals surface area contributed by atoms with Gasteiger partial charge < -0.3 is 15.8 Å². The Bertz CT molecular complexity index is 744. The van der Waals surface area contributed by atoms with Crippen molar-refractivity contribution in [3.05, 3.63) is 29.6 Å². The van der Waals surface area contributed by atoms with E-state index >= 15 is 0 Å². The maximum atomic E-state index is 13.5. The molecule has 1 aliphatic carbocycles. The largest absolute Gasteiger partial charge is 0.465 e. The number of amides is 2. The van der Waals surface area contributed by atoms with Gasteiger partial charge in [-0.2, -0.15) is 0 Å². The molecule has 1 fully saturated rings. The molecule has 0 aromatic heterocycles. The highest BCUT2D eigenvalue weighted by Crippen LogP contribution is 2.31. The van der Waals surface area contributed by atoms with Crippen molar-refractivity contribution in [1.82, 2.24) is 5.32 Å². The van der Waals surface area contributed by atoms with Crippen molar-refractivity contribution in [2.45, 2.75) is 51.5 Å². The van der Waals surface area contributed by atoms with Gasteiger partial charge in [0.15, 0.2) is 0 Å². The van der Waals surface area contributed by atoms with Gasteiger partial charge in [-0.3, -0.25) is 4.79 Å². The Morgan fingerprint density at radius 3 is 2.74 bits per heavy atom. The third-order valence-corrected chi connectivity index (χ3v) is 5.40. The third-order valence-electron chi connectivity index (χ3n) is 5.40. The predicted molar refractivity (Wildman–Crippen MR) is 101 cm³/mol. The molecule has 2 amide bonds. The van der Waals surface area contributed by atoms with Crippen LogP contribution in [0.5, 0.6) is 0 Å². The predicted octanol–water partition coefficient (Wildman–Crippen LogP) is 3.76. The van der Waals surface area contributed by atoms with Crippen LogP contribution in [0.4, 0.5) is 14.9 Å². The van der Waals surface area contributed by atoms with Crippen LogP contribution in [0.15, 0.2) is 23.2 Å². The summed E-state index contributed by atoms with van der Waals surface area (Å²) in [6.07, 6.45) is 6.16. The van der Waals surface area contributed by atoms with Crippen LogP contribution >= 0.6 is 0 Å². The Hall–Kier alpha value is -2.44. The molecular weight excluding hydrogens is 349 g/mol. The zero-order valence-electron chi connectivity index (χ0n) is 15.5. The molecule has 3 rings (SSSR count). The SMILES string of the molecule is CCC1=NC(=O)NC(c2ccc(F)c(N)c2)C1C(=O)OCC1CCCCC1. The Labute approximate surface area is 158 Å². The van der Waals surface area contributed by atoms with Gasteiger partial charge in [0, 0.05) is 5.71 Å². The Morgan fingerprint density at radius 2 is 2.07 bits per heavy atom. The molecule has 0 spiro atoms. The molecule has 1 saturated carbocycles. The highest BCUT2D eigenvalue weighted by molar-refractivity contribution is 6.09. The van der Waals surface area contributed by atoms with E-state index in [-0.39, 0.29) is 5.69 Å². The minimum absolute atomic E-state index is 0.0309. The van der Waals surface area contributed by atoms with Crippen LogP contribution in [0, 0.1) is 17.7 Å².